The van der Waals surface area contributed by atoms with Gasteiger partial charge in [0, 0.05) is 36.7 Å². The maximum Gasteiger partial charge on any atom is 0.410 e. The summed E-state index contributed by atoms with van der Waals surface area (Å²) in [5, 5.41) is 12.6. The highest BCUT2D eigenvalue weighted by molar-refractivity contribution is 5.68. The molecule has 4 rings (SSSR count). The Bertz CT molecular complexity index is 1070. The van der Waals surface area contributed by atoms with E-state index in [1.54, 1.807) is 17.3 Å². The Hall–Kier alpha value is -3.42. The lowest BCUT2D eigenvalue weighted by molar-refractivity contribution is 0.0172. The maximum absolute atomic E-state index is 12.6. The molecule has 1 aromatic carbocycles. The molecular formula is C24H30N6O2. The third-order valence-corrected chi connectivity index (χ3v) is 5.56. The van der Waals surface area contributed by atoms with E-state index in [2.05, 4.69) is 50.6 Å². The average Bonchev–Trinajstić information content (AvgIpc) is 3.25. The van der Waals surface area contributed by atoms with Gasteiger partial charge in [0.15, 0.2) is 11.6 Å². The summed E-state index contributed by atoms with van der Waals surface area (Å²) < 4.78 is 5.57. The van der Waals surface area contributed by atoms with Crippen molar-refractivity contribution in [1.82, 2.24) is 25.1 Å². The van der Waals surface area contributed by atoms with E-state index < -0.39 is 11.1 Å². The van der Waals surface area contributed by atoms with Crippen LogP contribution in [0.4, 0.5) is 10.5 Å². The quantitative estimate of drug-likeness (QED) is 0.627. The molecule has 1 amide bonds. The van der Waals surface area contributed by atoms with Crippen LogP contribution in [0.2, 0.25) is 0 Å². The number of nitrogens with zero attached hydrogens (tertiary/aromatic N) is 4. The molecule has 0 saturated carbocycles. The van der Waals surface area contributed by atoms with Gasteiger partial charge >= 0.3 is 6.09 Å². The molecule has 0 aliphatic carbocycles. The normalized spacial score (nSPS) is 15.9. The van der Waals surface area contributed by atoms with Crippen molar-refractivity contribution in [2.45, 2.75) is 51.7 Å². The average molecular weight is 435 g/mol. The van der Waals surface area contributed by atoms with Crippen molar-refractivity contribution in [1.29, 1.82) is 0 Å². The molecule has 2 aromatic heterocycles. The summed E-state index contributed by atoms with van der Waals surface area (Å²) in [6.07, 6.45) is 4.53. The van der Waals surface area contributed by atoms with Crippen molar-refractivity contribution in [2.24, 2.45) is 0 Å². The second-order valence-corrected chi connectivity index (χ2v) is 9.30. The number of hydrogen-bond acceptors (Lipinski definition) is 6. The highest BCUT2D eigenvalue weighted by Gasteiger charge is 2.41. The predicted molar refractivity (Wildman–Crippen MR) is 123 cm³/mol. The van der Waals surface area contributed by atoms with Gasteiger partial charge in [-0.15, -0.1) is 10.2 Å². The first-order valence-electron chi connectivity index (χ1n) is 10.9. The van der Waals surface area contributed by atoms with E-state index in [1.165, 1.54) is 5.56 Å². The highest BCUT2D eigenvalue weighted by atomic mass is 16.6. The van der Waals surface area contributed by atoms with Crippen LogP contribution in [0.15, 0.2) is 48.8 Å². The van der Waals surface area contributed by atoms with Gasteiger partial charge in [0.25, 0.3) is 0 Å². The topological polar surface area (TPSA) is 96.0 Å². The molecule has 0 atom stereocenters. The molecule has 3 aromatic rings. The smallest absolute Gasteiger partial charge is 0.410 e. The van der Waals surface area contributed by atoms with Gasteiger partial charge < -0.3 is 19.9 Å². The van der Waals surface area contributed by atoms with E-state index in [4.69, 9.17) is 4.74 Å². The molecule has 0 radical (unpaired) electrons. The second-order valence-electron chi connectivity index (χ2n) is 9.30. The van der Waals surface area contributed by atoms with E-state index in [1.807, 2.05) is 39.0 Å². The van der Waals surface area contributed by atoms with Gasteiger partial charge in [0.2, 0.25) is 0 Å². The predicted octanol–water partition coefficient (Wildman–Crippen LogP) is 4.51. The molecule has 0 bridgehead atoms. The highest BCUT2D eigenvalue weighted by Crippen LogP contribution is 2.36. The van der Waals surface area contributed by atoms with E-state index in [9.17, 15) is 4.79 Å². The van der Waals surface area contributed by atoms with Crippen molar-refractivity contribution in [3.63, 3.8) is 0 Å². The summed E-state index contributed by atoms with van der Waals surface area (Å²) >= 11 is 0. The number of hydrogen-bond donors (Lipinski definition) is 2. The molecule has 0 spiro atoms. The zero-order valence-electron chi connectivity index (χ0n) is 19.1. The van der Waals surface area contributed by atoms with Crippen molar-refractivity contribution < 1.29 is 9.53 Å². The van der Waals surface area contributed by atoms with Crippen LogP contribution in [0, 0.1) is 6.92 Å². The number of benzene rings is 1. The number of amides is 1. The first kappa shape index (κ1) is 21.8. The van der Waals surface area contributed by atoms with Gasteiger partial charge in [0.1, 0.15) is 11.1 Å². The zero-order chi connectivity index (χ0) is 22.8. The number of aryl methyl sites for hydroxylation is 1. The third-order valence-electron chi connectivity index (χ3n) is 5.56. The fourth-order valence-corrected chi connectivity index (χ4v) is 3.93. The Balaban J connectivity index is 1.61. The number of carbonyl (C=O) groups excluding carboxylic acids is 1. The molecule has 1 saturated heterocycles. The number of rotatable bonds is 4. The van der Waals surface area contributed by atoms with Gasteiger partial charge in [-0.1, -0.05) is 12.1 Å². The van der Waals surface area contributed by atoms with Gasteiger partial charge in [-0.2, -0.15) is 0 Å². The first-order chi connectivity index (χ1) is 15.2. The number of pyridine rings is 1. The van der Waals surface area contributed by atoms with Crippen LogP contribution in [0.25, 0.3) is 11.4 Å². The fourth-order valence-electron chi connectivity index (χ4n) is 3.93. The van der Waals surface area contributed by atoms with Crippen LogP contribution in [-0.2, 0) is 10.3 Å². The summed E-state index contributed by atoms with van der Waals surface area (Å²) in [5.74, 6) is 1.46. The number of ether oxygens (including phenoxy) is 1. The van der Waals surface area contributed by atoms with Crippen LogP contribution in [0.1, 0.15) is 45.0 Å². The molecular weight excluding hydrogens is 404 g/mol. The molecule has 8 nitrogen and oxygen atoms in total. The Morgan fingerprint density at radius 3 is 2.50 bits per heavy atom. The molecule has 1 fully saturated rings. The van der Waals surface area contributed by atoms with E-state index in [0.717, 1.165) is 17.1 Å². The van der Waals surface area contributed by atoms with Gasteiger partial charge in [-0.3, -0.25) is 4.98 Å². The van der Waals surface area contributed by atoms with Gasteiger partial charge in [0.05, 0.1) is 0 Å². The molecule has 0 unspecified atom stereocenters. The number of aromatic amines is 1. The SMILES string of the molecule is Cc1cccc(NC2(c3nnc(-c4ccncc4)[nH]3)CCN(C(=O)OC(C)(C)C)CC2)c1. The summed E-state index contributed by atoms with van der Waals surface area (Å²) in [4.78, 5) is 21.8. The summed E-state index contributed by atoms with van der Waals surface area (Å²) in [5.41, 5.74) is 2.11. The monoisotopic (exact) mass is 434 g/mol. The Morgan fingerprint density at radius 2 is 1.84 bits per heavy atom. The number of piperidine rings is 1. The number of aromatic nitrogens is 4. The van der Waals surface area contributed by atoms with Crippen LogP contribution < -0.4 is 5.32 Å². The van der Waals surface area contributed by atoms with Crippen LogP contribution in [0.5, 0.6) is 0 Å². The lowest BCUT2D eigenvalue weighted by Gasteiger charge is -2.41. The third kappa shape index (κ3) is 4.90. The van der Waals surface area contributed by atoms with Crippen LogP contribution in [-0.4, -0.2) is 49.8 Å². The number of anilines is 1. The van der Waals surface area contributed by atoms with E-state index in [-0.39, 0.29) is 6.09 Å². The van der Waals surface area contributed by atoms with Crippen molar-refractivity contribution in [3.05, 3.63) is 60.2 Å². The molecule has 1 aliphatic heterocycles. The minimum absolute atomic E-state index is 0.281. The summed E-state index contributed by atoms with van der Waals surface area (Å²) in [6.45, 7) is 8.83. The first-order valence-corrected chi connectivity index (χ1v) is 10.9. The summed E-state index contributed by atoms with van der Waals surface area (Å²) in [6, 6.07) is 12.1. The Morgan fingerprint density at radius 1 is 1.12 bits per heavy atom. The Kier molecular flexibility index (Phi) is 5.86. The minimum Gasteiger partial charge on any atom is -0.444 e. The maximum atomic E-state index is 12.6. The minimum atomic E-state index is -0.518. The van der Waals surface area contributed by atoms with Crippen molar-refractivity contribution in [3.8, 4) is 11.4 Å². The standard InChI is InChI=1S/C24H30N6O2/c1-17-6-5-7-19(16-17)27-24(10-14-30(15-11-24)22(31)32-23(2,3)4)21-26-20(28-29-21)18-8-12-25-13-9-18/h5-9,12-13,16,27H,10-11,14-15H2,1-4H3,(H,26,28,29). The lowest BCUT2D eigenvalue weighted by Crippen LogP contribution is -2.50. The fraction of sp³-hybridized carbons (Fsp3) is 0.417. The molecule has 3 heterocycles. The zero-order valence-corrected chi connectivity index (χ0v) is 19.1. The van der Waals surface area contributed by atoms with Crippen molar-refractivity contribution in [2.75, 3.05) is 18.4 Å². The number of nitrogens with one attached hydrogen (secondary N) is 2. The molecule has 1 aliphatic rings. The summed E-state index contributed by atoms with van der Waals surface area (Å²) in [7, 11) is 0. The number of carbonyl (C=O) groups is 1. The van der Waals surface area contributed by atoms with E-state index >= 15 is 0 Å². The number of likely N-dealkylation sites (tertiary alicyclic amines) is 1. The molecule has 8 heteroatoms. The Labute approximate surface area is 188 Å². The second kappa shape index (κ2) is 8.61. The van der Waals surface area contributed by atoms with Gasteiger partial charge in [-0.25, -0.2) is 4.79 Å². The van der Waals surface area contributed by atoms with E-state index in [0.29, 0.717) is 31.8 Å². The molecule has 2 N–H and O–H groups in total. The number of H-pyrrole nitrogens is 1. The van der Waals surface area contributed by atoms with Crippen LogP contribution >= 0.6 is 0 Å². The van der Waals surface area contributed by atoms with Crippen molar-refractivity contribution >= 4 is 11.8 Å². The largest absolute Gasteiger partial charge is 0.444 e. The van der Waals surface area contributed by atoms with Gasteiger partial charge in [-0.05, 0) is 70.4 Å². The lowest BCUT2D eigenvalue weighted by atomic mass is 9.86. The molecule has 168 valence electrons. The van der Waals surface area contributed by atoms with Crippen LogP contribution in [0.3, 0.4) is 0 Å². The molecule has 32 heavy (non-hydrogen) atoms.